The van der Waals surface area contributed by atoms with Gasteiger partial charge in [-0.1, -0.05) is 6.92 Å². The number of carbonyl (C=O) groups excluding carboxylic acids is 1. The first-order valence-electron chi connectivity index (χ1n) is 1.98. The molecule has 42 valence electrons. The minimum atomic E-state index is -0.310. The highest BCUT2D eigenvalue weighted by Gasteiger charge is 2.04. The Morgan fingerprint density at radius 1 is 2.00 bits per heavy atom. The van der Waals surface area contributed by atoms with Crippen LogP contribution in [-0.2, 0) is 4.79 Å². The van der Waals surface area contributed by atoms with E-state index in [0.29, 0.717) is 5.75 Å². The van der Waals surface area contributed by atoms with Crippen LogP contribution in [0.25, 0.3) is 0 Å². The Bertz CT molecular complexity index is 74.1. The van der Waals surface area contributed by atoms with Crippen LogP contribution in [0.4, 0.5) is 0 Å². The van der Waals surface area contributed by atoms with Gasteiger partial charge in [0.2, 0.25) is 5.24 Å². The third kappa shape index (κ3) is 2.94. The predicted octanol–water partition coefficient (Wildman–Crippen LogP) is 1.32. The highest BCUT2D eigenvalue weighted by molar-refractivity contribution is 7.80. The highest BCUT2D eigenvalue weighted by Crippen LogP contribution is 2.00. The van der Waals surface area contributed by atoms with E-state index < -0.39 is 0 Å². The lowest BCUT2D eigenvalue weighted by Crippen LogP contribution is -2.03. The maximum atomic E-state index is 10.1. The Labute approximate surface area is 53.5 Å². The summed E-state index contributed by atoms with van der Waals surface area (Å²) >= 11 is 8.89. The van der Waals surface area contributed by atoms with Gasteiger partial charge < -0.3 is 0 Å². The van der Waals surface area contributed by atoms with Crippen LogP contribution in [-0.4, -0.2) is 11.0 Å². The molecule has 1 atom stereocenters. The van der Waals surface area contributed by atoms with Crippen molar-refractivity contribution < 1.29 is 4.79 Å². The van der Waals surface area contributed by atoms with Crippen molar-refractivity contribution in [1.82, 2.24) is 0 Å². The third-order valence-corrected chi connectivity index (χ3v) is 1.58. The lowest BCUT2D eigenvalue weighted by molar-refractivity contribution is -0.114. The molecule has 0 bridgehead atoms. The van der Waals surface area contributed by atoms with E-state index in [4.69, 9.17) is 11.6 Å². The van der Waals surface area contributed by atoms with Crippen LogP contribution in [0.3, 0.4) is 0 Å². The molecule has 1 nitrogen and oxygen atoms in total. The molecule has 0 aliphatic heterocycles. The van der Waals surface area contributed by atoms with Crippen molar-refractivity contribution in [2.75, 3.05) is 5.75 Å². The summed E-state index contributed by atoms with van der Waals surface area (Å²) in [5, 5.41) is -0.310. The Hall–Kier alpha value is 0.310. The van der Waals surface area contributed by atoms with Crippen LogP contribution < -0.4 is 0 Å². The molecule has 0 heterocycles. The summed E-state index contributed by atoms with van der Waals surface area (Å²) in [6.07, 6.45) is 0. The molecule has 0 fully saturated rings. The Balaban J connectivity index is 3.34. The molecule has 0 N–H and O–H groups in total. The molecule has 0 aromatic heterocycles. The second kappa shape index (κ2) is 3.33. The van der Waals surface area contributed by atoms with Gasteiger partial charge in [0.25, 0.3) is 0 Å². The average molecular weight is 139 g/mol. The summed E-state index contributed by atoms with van der Waals surface area (Å²) in [4.78, 5) is 10.1. The maximum Gasteiger partial charge on any atom is 0.225 e. The summed E-state index contributed by atoms with van der Waals surface area (Å²) in [7, 11) is 0. The first-order valence-corrected chi connectivity index (χ1v) is 2.99. The summed E-state index contributed by atoms with van der Waals surface area (Å²) in [6, 6.07) is 0. The standard InChI is InChI=1S/C4H7ClOS/c1-3(2-7)4(5)6/h3,7H,2H2,1H3. The van der Waals surface area contributed by atoms with Crippen LogP contribution in [0.2, 0.25) is 0 Å². The molecule has 0 saturated heterocycles. The minimum absolute atomic E-state index is 0.106. The van der Waals surface area contributed by atoms with Crippen molar-refractivity contribution in [3.05, 3.63) is 0 Å². The van der Waals surface area contributed by atoms with E-state index in [-0.39, 0.29) is 11.2 Å². The molecule has 0 amide bonds. The number of rotatable bonds is 2. The molecule has 0 aromatic rings. The lowest BCUT2D eigenvalue weighted by Gasteiger charge is -1.95. The van der Waals surface area contributed by atoms with E-state index >= 15 is 0 Å². The Morgan fingerprint density at radius 3 is 2.43 bits per heavy atom. The second-order valence-corrected chi connectivity index (χ2v) is 2.13. The fourth-order valence-corrected chi connectivity index (χ4v) is 0.422. The molecule has 3 heteroatoms. The van der Waals surface area contributed by atoms with Crippen molar-refractivity contribution in [2.24, 2.45) is 5.92 Å². The van der Waals surface area contributed by atoms with Crippen LogP contribution in [0.5, 0.6) is 0 Å². The number of thiol groups is 1. The number of hydrogen-bond donors (Lipinski definition) is 1. The lowest BCUT2D eigenvalue weighted by atomic mass is 10.3. The highest BCUT2D eigenvalue weighted by atomic mass is 35.5. The van der Waals surface area contributed by atoms with Gasteiger partial charge in [0.15, 0.2) is 0 Å². The normalized spacial score (nSPS) is 13.6. The van der Waals surface area contributed by atoms with E-state index in [1.54, 1.807) is 6.92 Å². The monoisotopic (exact) mass is 138 g/mol. The van der Waals surface area contributed by atoms with E-state index in [1.165, 1.54) is 0 Å². The Kier molecular flexibility index (Phi) is 3.48. The van der Waals surface area contributed by atoms with E-state index in [0.717, 1.165) is 0 Å². The first-order chi connectivity index (χ1) is 3.18. The zero-order valence-electron chi connectivity index (χ0n) is 4.02. The van der Waals surface area contributed by atoms with Crippen molar-refractivity contribution >= 4 is 29.5 Å². The van der Waals surface area contributed by atoms with Gasteiger partial charge in [0.05, 0.1) is 0 Å². The van der Waals surface area contributed by atoms with Crippen LogP contribution >= 0.6 is 24.2 Å². The molecule has 0 saturated carbocycles. The molecule has 0 aliphatic carbocycles. The first kappa shape index (κ1) is 7.31. The summed E-state index contributed by atoms with van der Waals surface area (Å²) < 4.78 is 0. The fourth-order valence-electron chi connectivity index (χ4n) is 0.0718. The van der Waals surface area contributed by atoms with E-state index in [1.807, 2.05) is 0 Å². The topological polar surface area (TPSA) is 17.1 Å². The average Bonchev–Trinajstić information content (AvgIpc) is 1.65. The zero-order chi connectivity index (χ0) is 5.86. The second-order valence-electron chi connectivity index (χ2n) is 1.39. The number of hydrogen-bond acceptors (Lipinski definition) is 2. The van der Waals surface area contributed by atoms with E-state index in [9.17, 15) is 4.79 Å². The van der Waals surface area contributed by atoms with Gasteiger partial charge in [-0.15, -0.1) is 0 Å². The maximum absolute atomic E-state index is 10.1. The third-order valence-electron chi connectivity index (χ3n) is 0.661. The largest absolute Gasteiger partial charge is 0.281 e. The van der Waals surface area contributed by atoms with Crippen molar-refractivity contribution in [3.8, 4) is 0 Å². The quantitative estimate of drug-likeness (QED) is 0.450. The zero-order valence-corrected chi connectivity index (χ0v) is 5.67. The molecular formula is C4H7ClOS. The molecule has 0 radical (unpaired) electrons. The number of carbonyl (C=O) groups is 1. The van der Waals surface area contributed by atoms with Gasteiger partial charge >= 0.3 is 0 Å². The summed E-state index contributed by atoms with van der Waals surface area (Å²) in [6.45, 7) is 1.74. The van der Waals surface area contributed by atoms with Crippen molar-refractivity contribution in [3.63, 3.8) is 0 Å². The van der Waals surface area contributed by atoms with Crippen LogP contribution in [0.15, 0.2) is 0 Å². The molecule has 7 heavy (non-hydrogen) atoms. The summed E-state index contributed by atoms with van der Waals surface area (Å²) in [5.74, 6) is 0.424. The van der Waals surface area contributed by atoms with Gasteiger partial charge in [-0.2, -0.15) is 12.6 Å². The SMILES string of the molecule is CC(CS)C(=O)Cl. The van der Waals surface area contributed by atoms with Crippen LogP contribution in [0, 0.1) is 5.92 Å². The smallest absolute Gasteiger partial charge is 0.225 e. The molecule has 0 aromatic carbocycles. The van der Waals surface area contributed by atoms with Gasteiger partial charge in [-0.05, 0) is 11.6 Å². The molecular weight excluding hydrogens is 132 g/mol. The Morgan fingerprint density at radius 2 is 2.43 bits per heavy atom. The van der Waals surface area contributed by atoms with Crippen molar-refractivity contribution in [1.29, 1.82) is 0 Å². The van der Waals surface area contributed by atoms with Gasteiger partial charge in [-0.3, -0.25) is 4.79 Å². The van der Waals surface area contributed by atoms with Gasteiger partial charge in [0.1, 0.15) is 0 Å². The molecule has 0 spiro atoms. The fraction of sp³-hybridized carbons (Fsp3) is 0.750. The molecule has 0 rings (SSSR count). The van der Waals surface area contributed by atoms with E-state index in [2.05, 4.69) is 12.6 Å². The molecule has 0 aliphatic rings. The number of halogens is 1. The van der Waals surface area contributed by atoms with Crippen LogP contribution in [0.1, 0.15) is 6.92 Å². The van der Waals surface area contributed by atoms with Crippen molar-refractivity contribution in [2.45, 2.75) is 6.92 Å². The molecule has 1 unspecified atom stereocenters. The predicted molar refractivity (Wildman–Crippen MR) is 33.9 cm³/mol. The van der Waals surface area contributed by atoms with Gasteiger partial charge in [0, 0.05) is 11.7 Å². The summed E-state index contributed by atoms with van der Waals surface area (Å²) in [5.41, 5.74) is 0. The minimum Gasteiger partial charge on any atom is -0.281 e. The van der Waals surface area contributed by atoms with Gasteiger partial charge in [-0.25, -0.2) is 0 Å².